The normalized spacial score (nSPS) is 16.0. The fourth-order valence-electron chi connectivity index (χ4n) is 2.42. The van der Waals surface area contributed by atoms with Gasteiger partial charge in [0.25, 0.3) is 5.91 Å². The first-order valence-electron chi connectivity index (χ1n) is 6.83. The molecule has 0 bridgehead atoms. The van der Waals surface area contributed by atoms with E-state index < -0.39 is 9.84 Å². The number of benzene rings is 1. The van der Waals surface area contributed by atoms with Gasteiger partial charge in [0.15, 0.2) is 9.84 Å². The monoisotopic (exact) mass is 313 g/mol. The summed E-state index contributed by atoms with van der Waals surface area (Å²) in [5, 5.41) is 2.85. The first-order chi connectivity index (χ1) is 10.4. The molecule has 0 aliphatic heterocycles. The van der Waals surface area contributed by atoms with E-state index >= 15 is 0 Å². The van der Waals surface area contributed by atoms with Crippen molar-refractivity contribution in [3.8, 4) is 0 Å². The van der Waals surface area contributed by atoms with E-state index in [1.165, 1.54) is 6.26 Å². The molecular weight excluding hydrogens is 298 g/mol. The Hall–Kier alpha value is -2.40. The van der Waals surface area contributed by atoms with E-state index in [0.717, 1.165) is 16.7 Å². The van der Waals surface area contributed by atoms with Crippen LogP contribution >= 0.6 is 0 Å². The van der Waals surface area contributed by atoms with Crippen molar-refractivity contribution in [3.63, 3.8) is 0 Å². The minimum Gasteiger partial charge on any atom is -0.348 e. The third kappa shape index (κ3) is 2.80. The number of nitrogens with one attached hydrogen (secondary N) is 1. The maximum Gasteiger partial charge on any atom is 0.252 e. The van der Waals surface area contributed by atoms with Crippen LogP contribution in [0.4, 0.5) is 0 Å². The maximum atomic E-state index is 12.2. The Labute approximate surface area is 129 Å². The van der Waals surface area contributed by atoms with Crippen molar-refractivity contribution in [2.45, 2.75) is 11.4 Å². The van der Waals surface area contributed by atoms with Crippen molar-refractivity contribution >= 4 is 15.7 Å². The zero-order valence-electron chi connectivity index (χ0n) is 12.0. The lowest BCUT2D eigenvalue weighted by molar-refractivity contribution is -0.117. The number of amides is 1. The fraction of sp³-hybridized carbons (Fsp3) is 0.118. The van der Waals surface area contributed by atoms with Crippen LogP contribution in [-0.2, 0) is 21.2 Å². The van der Waals surface area contributed by atoms with Crippen LogP contribution < -0.4 is 5.32 Å². The molecule has 0 saturated heterocycles. The summed E-state index contributed by atoms with van der Waals surface area (Å²) in [6, 6.07) is 6.52. The molecule has 1 aromatic rings. The third-order valence-electron chi connectivity index (χ3n) is 3.62. The van der Waals surface area contributed by atoms with Gasteiger partial charge in [0.1, 0.15) is 0 Å². The minimum atomic E-state index is -3.19. The zero-order chi connectivity index (χ0) is 15.7. The van der Waals surface area contributed by atoms with Crippen LogP contribution in [0.2, 0.25) is 0 Å². The molecule has 0 heterocycles. The van der Waals surface area contributed by atoms with Gasteiger partial charge >= 0.3 is 0 Å². The predicted molar refractivity (Wildman–Crippen MR) is 84.8 cm³/mol. The van der Waals surface area contributed by atoms with E-state index in [9.17, 15) is 13.2 Å². The van der Waals surface area contributed by atoms with Crippen LogP contribution in [0.5, 0.6) is 0 Å². The second-order valence-corrected chi connectivity index (χ2v) is 7.26. The number of hydrogen-bond donors (Lipinski definition) is 1. The molecule has 0 unspecified atom stereocenters. The van der Waals surface area contributed by atoms with E-state index in [-0.39, 0.29) is 10.8 Å². The summed E-state index contributed by atoms with van der Waals surface area (Å²) in [5.74, 6) is -0.131. The quantitative estimate of drug-likeness (QED) is 0.925. The average Bonchev–Trinajstić information content (AvgIpc) is 3.07. The van der Waals surface area contributed by atoms with Crippen LogP contribution in [-0.4, -0.2) is 20.6 Å². The zero-order valence-corrected chi connectivity index (χ0v) is 12.9. The second-order valence-electron chi connectivity index (χ2n) is 5.24. The lowest BCUT2D eigenvalue weighted by atomic mass is 10.1. The van der Waals surface area contributed by atoms with Gasteiger partial charge < -0.3 is 5.32 Å². The van der Waals surface area contributed by atoms with Crippen molar-refractivity contribution in [3.05, 3.63) is 76.9 Å². The molecule has 0 spiro atoms. The van der Waals surface area contributed by atoms with Crippen LogP contribution in [0.1, 0.15) is 5.56 Å². The third-order valence-corrected chi connectivity index (χ3v) is 4.75. The summed E-state index contributed by atoms with van der Waals surface area (Å²) in [7, 11) is -3.19. The number of rotatable bonds is 4. The number of fused-ring (bicyclic) bond motifs is 1. The highest BCUT2D eigenvalue weighted by atomic mass is 32.2. The Kier molecular flexibility index (Phi) is 3.58. The van der Waals surface area contributed by atoms with Gasteiger partial charge in [-0.2, -0.15) is 0 Å². The molecule has 2 aliphatic carbocycles. The van der Waals surface area contributed by atoms with Gasteiger partial charge in [-0.1, -0.05) is 36.4 Å². The van der Waals surface area contributed by atoms with Crippen molar-refractivity contribution in [1.82, 2.24) is 5.32 Å². The standard InChI is InChI=1S/C17H15NO3S/c1-22(20,21)14-8-5-12(6-9-14)11-18-17(19)16-10-7-13-3-2-4-15(13)16/h2-10H,11H2,1H3,(H,18,19). The Bertz CT molecular complexity index is 854. The largest absolute Gasteiger partial charge is 0.348 e. The molecule has 1 N–H and O–H groups in total. The van der Waals surface area contributed by atoms with E-state index in [4.69, 9.17) is 0 Å². The molecule has 0 radical (unpaired) electrons. The number of sulfone groups is 1. The van der Waals surface area contributed by atoms with Gasteiger partial charge in [0.2, 0.25) is 0 Å². The Morgan fingerprint density at radius 3 is 2.50 bits per heavy atom. The van der Waals surface area contributed by atoms with E-state index in [1.807, 2.05) is 30.4 Å². The highest BCUT2D eigenvalue weighted by Crippen LogP contribution is 2.30. The molecule has 1 aromatic carbocycles. The van der Waals surface area contributed by atoms with Gasteiger partial charge in [0, 0.05) is 18.4 Å². The highest BCUT2D eigenvalue weighted by molar-refractivity contribution is 7.90. The van der Waals surface area contributed by atoms with Crippen molar-refractivity contribution in [1.29, 1.82) is 0 Å². The molecule has 1 amide bonds. The summed E-state index contributed by atoms with van der Waals surface area (Å²) in [5.41, 5.74) is 3.52. The molecule has 0 fully saturated rings. The van der Waals surface area contributed by atoms with Crippen molar-refractivity contribution in [2.75, 3.05) is 6.26 Å². The van der Waals surface area contributed by atoms with Crippen LogP contribution in [0.3, 0.4) is 0 Å². The summed E-state index contributed by atoms with van der Waals surface area (Å²) in [6.07, 6.45) is 10.7. The Morgan fingerprint density at radius 2 is 1.82 bits per heavy atom. The molecule has 2 aliphatic rings. The van der Waals surface area contributed by atoms with Gasteiger partial charge in [-0.15, -0.1) is 0 Å². The number of carbonyl (C=O) groups is 1. The van der Waals surface area contributed by atoms with E-state index in [0.29, 0.717) is 12.1 Å². The van der Waals surface area contributed by atoms with Crippen LogP contribution in [0.25, 0.3) is 0 Å². The van der Waals surface area contributed by atoms with Crippen LogP contribution in [0, 0.1) is 0 Å². The molecule has 112 valence electrons. The van der Waals surface area contributed by atoms with E-state index in [2.05, 4.69) is 5.32 Å². The first kappa shape index (κ1) is 14.5. The molecule has 0 aromatic heterocycles. The molecule has 3 rings (SSSR count). The Balaban J connectivity index is 1.63. The molecular formula is C17H15NO3S. The lowest BCUT2D eigenvalue weighted by Gasteiger charge is -2.08. The number of hydrogen-bond acceptors (Lipinski definition) is 3. The highest BCUT2D eigenvalue weighted by Gasteiger charge is 2.21. The Morgan fingerprint density at radius 1 is 1.09 bits per heavy atom. The molecule has 5 heteroatoms. The molecule has 0 atom stereocenters. The minimum absolute atomic E-state index is 0.131. The van der Waals surface area contributed by atoms with E-state index in [1.54, 1.807) is 24.3 Å². The van der Waals surface area contributed by atoms with Crippen molar-refractivity contribution < 1.29 is 13.2 Å². The topological polar surface area (TPSA) is 63.2 Å². The summed E-state index contributed by atoms with van der Waals surface area (Å²) in [4.78, 5) is 12.5. The van der Waals surface area contributed by atoms with Gasteiger partial charge in [0.05, 0.1) is 4.90 Å². The van der Waals surface area contributed by atoms with Crippen molar-refractivity contribution in [2.24, 2.45) is 0 Å². The molecule has 0 saturated carbocycles. The lowest BCUT2D eigenvalue weighted by Crippen LogP contribution is -2.24. The summed E-state index contributed by atoms with van der Waals surface area (Å²) >= 11 is 0. The number of carbonyl (C=O) groups excluding carboxylic acids is 1. The predicted octanol–water partition coefficient (Wildman–Crippen LogP) is 2.07. The van der Waals surface area contributed by atoms with Gasteiger partial charge in [-0.25, -0.2) is 8.42 Å². The second kappa shape index (κ2) is 5.42. The number of allylic oxidation sites excluding steroid dienone is 6. The SMILES string of the molecule is CS(=O)(=O)c1ccc(CNC(=O)C2=CC=C3C=CC=C32)cc1. The summed E-state index contributed by atoms with van der Waals surface area (Å²) in [6.45, 7) is 0.357. The van der Waals surface area contributed by atoms with Gasteiger partial charge in [-0.05, 0) is 34.9 Å². The first-order valence-corrected chi connectivity index (χ1v) is 8.72. The smallest absolute Gasteiger partial charge is 0.252 e. The average molecular weight is 313 g/mol. The molecule has 22 heavy (non-hydrogen) atoms. The fourth-order valence-corrected chi connectivity index (χ4v) is 3.05. The summed E-state index contributed by atoms with van der Waals surface area (Å²) < 4.78 is 22.8. The maximum absolute atomic E-state index is 12.2. The molecule has 4 nitrogen and oxygen atoms in total. The van der Waals surface area contributed by atoms with Crippen LogP contribution in [0.15, 0.2) is 76.3 Å². The van der Waals surface area contributed by atoms with Gasteiger partial charge in [-0.3, -0.25) is 4.79 Å².